The molecule has 0 spiro atoms. The maximum absolute atomic E-state index is 4.44. The minimum Gasteiger partial charge on any atom is -0.316 e. The van der Waals surface area contributed by atoms with E-state index in [4.69, 9.17) is 0 Å². The molecule has 1 aromatic rings. The lowest BCUT2D eigenvalue weighted by atomic mass is 9.79. The second kappa shape index (κ2) is 6.71. The van der Waals surface area contributed by atoms with E-state index in [9.17, 15) is 0 Å². The molecule has 0 bridgehead atoms. The highest BCUT2D eigenvalue weighted by atomic mass is 32.2. The molecule has 1 heterocycles. The van der Waals surface area contributed by atoms with E-state index in [-0.39, 0.29) is 0 Å². The summed E-state index contributed by atoms with van der Waals surface area (Å²) < 4.78 is 0. The van der Waals surface area contributed by atoms with Crippen LogP contribution in [0.5, 0.6) is 0 Å². The van der Waals surface area contributed by atoms with Crippen molar-refractivity contribution in [2.45, 2.75) is 56.5 Å². The van der Waals surface area contributed by atoms with Crippen molar-refractivity contribution in [1.29, 1.82) is 0 Å². The van der Waals surface area contributed by atoms with Gasteiger partial charge in [0.1, 0.15) is 0 Å². The van der Waals surface area contributed by atoms with Gasteiger partial charge in [-0.25, -0.2) is 9.97 Å². The maximum atomic E-state index is 4.44. The Balaban J connectivity index is 2.03. The van der Waals surface area contributed by atoms with Crippen molar-refractivity contribution < 1.29 is 0 Å². The molecule has 0 radical (unpaired) electrons. The van der Waals surface area contributed by atoms with E-state index in [1.807, 2.05) is 31.1 Å². The Morgan fingerprint density at radius 2 is 1.95 bits per heavy atom. The van der Waals surface area contributed by atoms with Crippen LogP contribution in [0.1, 0.15) is 38.7 Å². The molecule has 0 saturated heterocycles. The number of thioether (sulfide) groups is 1. The second-order valence-corrected chi connectivity index (χ2v) is 7.12. The van der Waals surface area contributed by atoms with Crippen LogP contribution < -0.4 is 5.32 Å². The van der Waals surface area contributed by atoms with Gasteiger partial charge >= 0.3 is 0 Å². The fraction of sp³-hybridized carbons (Fsp3) is 0.733. The van der Waals surface area contributed by atoms with E-state index in [1.165, 1.54) is 19.3 Å². The molecule has 3 atom stereocenters. The zero-order chi connectivity index (χ0) is 13.8. The number of hydrogen-bond acceptors (Lipinski definition) is 4. The largest absolute Gasteiger partial charge is 0.316 e. The van der Waals surface area contributed by atoms with Gasteiger partial charge in [0.05, 0.1) is 0 Å². The van der Waals surface area contributed by atoms with Crippen molar-refractivity contribution >= 4 is 11.8 Å². The molecule has 1 fully saturated rings. The number of nitrogens with one attached hydrogen (secondary N) is 1. The van der Waals surface area contributed by atoms with Crippen LogP contribution in [0, 0.1) is 18.8 Å². The van der Waals surface area contributed by atoms with Crippen LogP contribution in [0.15, 0.2) is 17.6 Å². The van der Waals surface area contributed by atoms with Crippen LogP contribution in [-0.4, -0.2) is 28.3 Å². The summed E-state index contributed by atoms with van der Waals surface area (Å²) in [7, 11) is 2.07. The summed E-state index contributed by atoms with van der Waals surface area (Å²) in [6.45, 7) is 6.71. The Bertz CT molecular complexity index is 391. The minimum absolute atomic E-state index is 0.588. The molecule has 19 heavy (non-hydrogen) atoms. The topological polar surface area (TPSA) is 37.8 Å². The van der Waals surface area contributed by atoms with Crippen molar-refractivity contribution in [2.75, 3.05) is 7.05 Å². The molecule has 4 heteroatoms. The molecule has 2 rings (SSSR count). The molecule has 1 aliphatic rings. The number of aryl methyl sites for hydroxylation is 1. The van der Waals surface area contributed by atoms with Gasteiger partial charge in [0, 0.05) is 23.7 Å². The predicted octanol–water partition coefficient (Wildman–Crippen LogP) is 3.29. The molecule has 1 saturated carbocycles. The van der Waals surface area contributed by atoms with E-state index in [0.717, 1.165) is 22.6 Å². The van der Waals surface area contributed by atoms with Crippen LogP contribution >= 0.6 is 11.8 Å². The molecule has 0 aromatic carbocycles. The molecule has 0 aliphatic heterocycles. The van der Waals surface area contributed by atoms with Crippen LogP contribution in [0.2, 0.25) is 0 Å². The Hall–Kier alpha value is -0.610. The lowest BCUT2D eigenvalue weighted by Crippen LogP contribution is -2.41. The summed E-state index contributed by atoms with van der Waals surface area (Å²) in [5, 5.41) is 4.98. The third-order valence-corrected chi connectivity index (χ3v) is 5.41. The summed E-state index contributed by atoms with van der Waals surface area (Å²) in [4.78, 5) is 8.87. The van der Waals surface area contributed by atoms with Gasteiger partial charge in [-0.05, 0) is 50.6 Å². The first-order chi connectivity index (χ1) is 9.10. The van der Waals surface area contributed by atoms with Crippen LogP contribution in [0.3, 0.4) is 0 Å². The van der Waals surface area contributed by atoms with E-state index in [0.29, 0.717) is 11.3 Å². The van der Waals surface area contributed by atoms with Crippen LogP contribution in [0.25, 0.3) is 0 Å². The number of aromatic nitrogens is 2. The van der Waals surface area contributed by atoms with Gasteiger partial charge in [-0.2, -0.15) is 0 Å². The van der Waals surface area contributed by atoms with Crippen molar-refractivity contribution in [2.24, 2.45) is 11.8 Å². The van der Waals surface area contributed by atoms with Gasteiger partial charge < -0.3 is 5.32 Å². The highest BCUT2D eigenvalue weighted by Crippen LogP contribution is 2.37. The van der Waals surface area contributed by atoms with E-state index >= 15 is 0 Å². The van der Waals surface area contributed by atoms with Gasteiger partial charge in [-0.1, -0.05) is 25.6 Å². The van der Waals surface area contributed by atoms with Gasteiger partial charge in [0.25, 0.3) is 0 Å². The maximum Gasteiger partial charge on any atom is 0.187 e. The lowest BCUT2D eigenvalue weighted by Gasteiger charge is -2.37. The second-order valence-electron chi connectivity index (χ2n) is 5.91. The smallest absolute Gasteiger partial charge is 0.187 e. The fourth-order valence-electron chi connectivity index (χ4n) is 2.80. The Morgan fingerprint density at radius 1 is 1.26 bits per heavy atom. The molecule has 3 nitrogen and oxygen atoms in total. The Labute approximate surface area is 121 Å². The summed E-state index contributed by atoms with van der Waals surface area (Å²) in [6, 6.07) is 0.588. The van der Waals surface area contributed by atoms with Gasteiger partial charge in [0.2, 0.25) is 0 Å². The Morgan fingerprint density at radius 3 is 2.53 bits per heavy atom. The minimum atomic E-state index is 0.588. The predicted molar refractivity (Wildman–Crippen MR) is 81.4 cm³/mol. The average molecular weight is 279 g/mol. The molecule has 1 aliphatic carbocycles. The van der Waals surface area contributed by atoms with Crippen molar-refractivity contribution in [3.8, 4) is 0 Å². The quantitative estimate of drug-likeness (QED) is 0.858. The molecule has 0 amide bonds. The van der Waals surface area contributed by atoms with E-state index in [2.05, 4.69) is 36.2 Å². The number of nitrogens with zero attached hydrogens (tertiary/aromatic N) is 2. The third kappa shape index (κ3) is 3.93. The zero-order valence-corrected chi connectivity index (χ0v) is 13.2. The van der Waals surface area contributed by atoms with Gasteiger partial charge in [-0.3, -0.25) is 0 Å². The molecular formula is C15H25N3S. The Kier molecular flexibility index (Phi) is 5.22. The summed E-state index contributed by atoms with van der Waals surface area (Å²) in [6.07, 6.45) is 7.70. The zero-order valence-electron chi connectivity index (χ0n) is 12.4. The SMILES string of the molecule is CNC1CCC(C(C)C)CC1Sc1ncc(C)cn1. The van der Waals surface area contributed by atoms with Gasteiger partial charge in [0.15, 0.2) is 5.16 Å². The normalized spacial score (nSPS) is 27.7. The average Bonchev–Trinajstić information content (AvgIpc) is 2.41. The third-order valence-electron chi connectivity index (χ3n) is 4.16. The fourth-order valence-corrected chi connectivity index (χ4v) is 4.08. The molecular weight excluding hydrogens is 254 g/mol. The standard InChI is InChI=1S/C15H25N3S/c1-10(2)12-5-6-13(16-4)14(7-12)19-15-17-8-11(3)9-18-15/h8-10,12-14,16H,5-7H2,1-4H3. The molecule has 1 aromatic heterocycles. The lowest BCUT2D eigenvalue weighted by molar-refractivity contribution is 0.251. The molecule has 3 unspecified atom stereocenters. The monoisotopic (exact) mass is 279 g/mol. The van der Waals surface area contributed by atoms with E-state index in [1.54, 1.807) is 0 Å². The van der Waals surface area contributed by atoms with Crippen molar-refractivity contribution in [1.82, 2.24) is 15.3 Å². The number of hydrogen-bond donors (Lipinski definition) is 1. The number of rotatable bonds is 4. The van der Waals surface area contributed by atoms with Crippen molar-refractivity contribution in [3.63, 3.8) is 0 Å². The van der Waals surface area contributed by atoms with E-state index < -0.39 is 0 Å². The summed E-state index contributed by atoms with van der Waals surface area (Å²) >= 11 is 1.84. The van der Waals surface area contributed by atoms with Crippen LogP contribution in [0.4, 0.5) is 0 Å². The molecule has 106 valence electrons. The first-order valence-corrected chi connectivity index (χ1v) is 8.10. The first kappa shape index (κ1) is 14.8. The summed E-state index contributed by atoms with van der Waals surface area (Å²) in [5.74, 6) is 1.62. The van der Waals surface area contributed by atoms with Crippen LogP contribution in [-0.2, 0) is 0 Å². The highest BCUT2D eigenvalue weighted by molar-refractivity contribution is 7.99. The first-order valence-electron chi connectivity index (χ1n) is 7.22. The molecule has 1 N–H and O–H groups in total. The van der Waals surface area contributed by atoms with Crippen molar-refractivity contribution in [3.05, 3.63) is 18.0 Å². The summed E-state index contributed by atoms with van der Waals surface area (Å²) in [5.41, 5.74) is 1.12. The van der Waals surface area contributed by atoms with Gasteiger partial charge in [-0.15, -0.1) is 0 Å². The highest BCUT2D eigenvalue weighted by Gasteiger charge is 2.32.